The molecule has 2 aromatic rings. The van der Waals surface area contributed by atoms with Gasteiger partial charge in [-0.2, -0.15) is 0 Å². The molecular formula is C16H18BrN3O. The first-order valence-electron chi connectivity index (χ1n) is 7.25. The van der Waals surface area contributed by atoms with Crippen molar-refractivity contribution in [1.82, 2.24) is 9.88 Å². The van der Waals surface area contributed by atoms with Crippen LogP contribution in [0.15, 0.2) is 34.9 Å². The smallest absolute Gasteiger partial charge is 0.244 e. The number of amides is 1. The number of anilines is 1. The summed E-state index contributed by atoms with van der Waals surface area (Å²) < 4.78 is 1.03. The maximum Gasteiger partial charge on any atom is 0.244 e. The van der Waals surface area contributed by atoms with Crippen LogP contribution in [0.5, 0.6) is 0 Å². The highest BCUT2D eigenvalue weighted by Crippen LogP contribution is 2.28. The number of nitrogens with zero attached hydrogens (tertiary/aromatic N) is 2. The van der Waals surface area contributed by atoms with Crippen LogP contribution in [0.3, 0.4) is 0 Å². The minimum atomic E-state index is -0.264. The van der Waals surface area contributed by atoms with Crippen molar-refractivity contribution in [3.8, 4) is 0 Å². The van der Waals surface area contributed by atoms with E-state index in [1.807, 2.05) is 36.1 Å². The van der Waals surface area contributed by atoms with E-state index < -0.39 is 0 Å². The number of benzene rings is 1. The van der Waals surface area contributed by atoms with Crippen molar-refractivity contribution in [2.24, 2.45) is 0 Å². The van der Waals surface area contributed by atoms with Crippen LogP contribution in [-0.2, 0) is 4.79 Å². The molecule has 1 saturated heterocycles. The van der Waals surface area contributed by atoms with Crippen LogP contribution in [0.2, 0.25) is 0 Å². The van der Waals surface area contributed by atoms with Crippen LogP contribution >= 0.6 is 15.9 Å². The van der Waals surface area contributed by atoms with E-state index in [-0.39, 0.29) is 11.9 Å². The number of likely N-dealkylation sites (tertiary alicyclic amines) is 1. The Hall–Kier alpha value is -1.62. The van der Waals surface area contributed by atoms with E-state index in [1.54, 1.807) is 6.20 Å². The van der Waals surface area contributed by atoms with E-state index in [0.717, 1.165) is 47.0 Å². The number of halogens is 1. The van der Waals surface area contributed by atoms with Gasteiger partial charge in [0.05, 0.1) is 0 Å². The van der Waals surface area contributed by atoms with Gasteiger partial charge in [-0.3, -0.25) is 4.79 Å². The summed E-state index contributed by atoms with van der Waals surface area (Å²) >= 11 is 3.55. The molecule has 1 fully saturated rings. The highest BCUT2D eigenvalue weighted by Gasteiger charge is 2.23. The summed E-state index contributed by atoms with van der Waals surface area (Å²) in [5.74, 6) is 0.912. The van der Waals surface area contributed by atoms with Gasteiger partial charge in [-0.15, -0.1) is 0 Å². The molecule has 0 spiro atoms. The fourth-order valence-corrected chi connectivity index (χ4v) is 3.26. The molecule has 1 aromatic heterocycles. The van der Waals surface area contributed by atoms with Gasteiger partial charge in [0.2, 0.25) is 5.91 Å². The molecule has 1 aromatic carbocycles. The number of hydrogen-bond acceptors (Lipinski definition) is 3. The summed E-state index contributed by atoms with van der Waals surface area (Å²) in [4.78, 5) is 18.7. The number of nitrogens with one attached hydrogen (secondary N) is 1. The highest BCUT2D eigenvalue weighted by molar-refractivity contribution is 9.10. The Morgan fingerprint density at radius 3 is 2.81 bits per heavy atom. The Morgan fingerprint density at radius 2 is 2.05 bits per heavy atom. The Morgan fingerprint density at radius 1 is 1.29 bits per heavy atom. The number of carbonyl (C=O) groups is 1. The first-order valence-corrected chi connectivity index (χ1v) is 8.04. The van der Waals surface area contributed by atoms with E-state index in [1.165, 1.54) is 0 Å². The van der Waals surface area contributed by atoms with Crippen LogP contribution in [-0.4, -0.2) is 34.9 Å². The van der Waals surface area contributed by atoms with E-state index in [9.17, 15) is 4.79 Å². The molecule has 0 radical (unpaired) electrons. The minimum absolute atomic E-state index is 0.154. The monoisotopic (exact) mass is 347 g/mol. The maximum atomic E-state index is 12.4. The number of carbonyl (C=O) groups excluding carboxylic acids is 1. The Kier molecular flexibility index (Phi) is 4.10. The lowest BCUT2D eigenvalue weighted by Crippen LogP contribution is -2.39. The largest absolute Gasteiger partial charge is 0.358 e. The first kappa shape index (κ1) is 14.3. The number of pyridine rings is 1. The number of fused-ring (bicyclic) bond motifs is 1. The summed E-state index contributed by atoms with van der Waals surface area (Å²) in [7, 11) is 0. The lowest BCUT2D eigenvalue weighted by molar-refractivity contribution is -0.130. The minimum Gasteiger partial charge on any atom is -0.358 e. The molecule has 1 aliphatic heterocycles. The van der Waals surface area contributed by atoms with Gasteiger partial charge in [-0.1, -0.05) is 28.1 Å². The third kappa shape index (κ3) is 2.88. The lowest BCUT2D eigenvalue weighted by Gasteiger charge is -2.22. The summed E-state index contributed by atoms with van der Waals surface area (Å²) in [5, 5.41) is 5.38. The van der Waals surface area contributed by atoms with Crippen molar-refractivity contribution in [2.75, 3.05) is 18.4 Å². The van der Waals surface area contributed by atoms with Crippen molar-refractivity contribution < 1.29 is 4.79 Å². The molecule has 1 unspecified atom stereocenters. The zero-order chi connectivity index (χ0) is 14.8. The molecule has 1 amide bonds. The normalized spacial score (nSPS) is 16.2. The van der Waals surface area contributed by atoms with Crippen LogP contribution in [0.4, 0.5) is 5.82 Å². The number of rotatable bonds is 3. The maximum absolute atomic E-state index is 12.4. The fraction of sp³-hybridized carbons (Fsp3) is 0.375. The zero-order valence-corrected chi connectivity index (χ0v) is 13.6. The predicted octanol–water partition coefficient (Wildman–Crippen LogP) is 3.42. The topological polar surface area (TPSA) is 45.2 Å². The Labute approximate surface area is 132 Å². The SMILES string of the molecule is CC(Nc1nccc2c(Br)cccc12)C(=O)N1CCCC1. The van der Waals surface area contributed by atoms with E-state index in [0.29, 0.717) is 0 Å². The van der Waals surface area contributed by atoms with Crippen molar-refractivity contribution in [3.63, 3.8) is 0 Å². The van der Waals surface area contributed by atoms with Crippen LogP contribution in [0.1, 0.15) is 19.8 Å². The van der Waals surface area contributed by atoms with Gasteiger partial charge in [-0.25, -0.2) is 4.98 Å². The molecule has 0 aliphatic carbocycles. The summed E-state index contributed by atoms with van der Waals surface area (Å²) in [5.41, 5.74) is 0. The summed E-state index contributed by atoms with van der Waals surface area (Å²) in [6.07, 6.45) is 3.98. The molecular weight excluding hydrogens is 330 g/mol. The number of aromatic nitrogens is 1. The van der Waals surface area contributed by atoms with Crippen molar-refractivity contribution in [1.29, 1.82) is 0 Å². The van der Waals surface area contributed by atoms with Gasteiger partial charge in [0.25, 0.3) is 0 Å². The molecule has 5 heteroatoms. The Bertz CT molecular complexity index is 668. The molecule has 0 saturated carbocycles. The Balaban J connectivity index is 1.84. The average Bonchev–Trinajstić information content (AvgIpc) is 3.02. The van der Waals surface area contributed by atoms with Crippen molar-refractivity contribution >= 4 is 38.4 Å². The molecule has 3 rings (SSSR count). The molecule has 21 heavy (non-hydrogen) atoms. The third-order valence-corrected chi connectivity index (χ3v) is 4.59. The molecule has 1 atom stereocenters. The molecule has 4 nitrogen and oxygen atoms in total. The predicted molar refractivity (Wildman–Crippen MR) is 88.3 cm³/mol. The van der Waals surface area contributed by atoms with E-state index in [2.05, 4.69) is 26.2 Å². The standard InChI is InChI=1S/C16H18BrN3O/c1-11(16(21)20-9-2-3-10-20)19-15-13-5-4-6-14(17)12(13)7-8-18-15/h4-8,11H,2-3,9-10H2,1H3,(H,18,19). The molecule has 2 heterocycles. The second-order valence-corrected chi connectivity index (χ2v) is 6.25. The van der Waals surface area contributed by atoms with Crippen LogP contribution < -0.4 is 5.32 Å². The molecule has 110 valence electrons. The average molecular weight is 348 g/mol. The van der Waals surface area contributed by atoms with Gasteiger partial charge < -0.3 is 10.2 Å². The fourth-order valence-electron chi connectivity index (χ4n) is 2.76. The highest BCUT2D eigenvalue weighted by atomic mass is 79.9. The van der Waals surface area contributed by atoms with Gasteiger partial charge >= 0.3 is 0 Å². The van der Waals surface area contributed by atoms with Crippen molar-refractivity contribution in [2.45, 2.75) is 25.8 Å². The molecule has 1 N–H and O–H groups in total. The summed E-state index contributed by atoms with van der Waals surface area (Å²) in [6.45, 7) is 3.65. The molecule has 1 aliphatic rings. The number of hydrogen-bond donors (Lipinski definition) is 1. The third-order valence-electron chi connectivity index (χ3n) is 3.89. The van der Waals surface area contributed by atoms with Crippen LogP contribution in [0.25, 0.3) is 10.8 Å². The van der Waals surface area contributed by atoms with Gasteiger partial charge in [0, 0.05) is 34.5 Å². The van der Waals surface area contributed by atoms with E-state index >= 15 is 0 Å². The second-order valence-electron chi connectivity index (χ2n) is 5.39. The quantitative estimate of drug-likeness (QED) is 0.925. The molecule has 0 bridgehead atoms. The van der Waals surface area contributed by atoms with Crippen molar-refractivity contribution in [3.05, 3.63) is 34.9 Å². The first-order chi connectivity index (χ1) is 10.2. The van der Waals surface area contributed by atoms with Gasteiger partial charge in [0.15, 0.2) is 0 Å². The summed E-state index contributed by atoms with van der Waals surface area (Å²) in [6, 6.07) is 7.71. The lowest BCUT2D eigenvalue weighted by atomic mass is 10.1. The van der Waals surface area contributed by atoms with Gasteiger partial charge in [0.1, 0.15) is 11.9 Å². The van der Waals surface area contributed by atoms with Gasteiger partial charge in [-0.05, 0) is 31.9 Å². The van der Waals surface area contributed by atoms with Crippen LogP contribution in [0, 0.1) is 0 Å². The second kappa shape index (κ2) is 6.02. The zero-order valence-electron chi connectivity index (χ0n) is 12.0. The van der Waals surface area contributed by atoms with E-state index in [4.69, 9.17) is 0 Å².